The first kappa shape index (κ1) is 35.7. The number of hydrogen-bond acceptors (Lipinski definition) is 7. The number of dihydropyridines is 1. The number of ether oxygens (including phenoxy) is 1. The number of aliphatic imine (C=N–C) groups is 1. The molecule has 0 aliphatic carbocycles. The standard InChI is InChI=1S/C36H44F2N6O2/c1-7-9-34(39-6)30-13-12-29(22-41-26(5)42-23-30)28(15-17-46-24(2)3)18-25(4)20-43-35-31(10-8-16-40-35)36(45)44-21-27-11-14-32(37)33(38)19-27/h7-11,13-16,18-19,22-24,35,39-41,43H,1,5,12,17,20-21H2,2-4,6H3,(H,44,45)/b25-18+,28-15+,29-22+,30-13+,34-9-,42-23-. The molecule has 0 saturated heterocycles. The van der Waals surface area contributed by atoms with Crippen LogP contribution in [0.25, 0.3) is 0 Å². The van der Waals surface area contributed by atoms with Crippen molar-refractivity contribution in [3.05, 3.63) is 143 Å². The van der Waals surface area contributed by atoms with Crippen molar-refractivity contribution in [1.29, 1.82) is 0 Å². The van der Waals surface area contributed by atoms with Gasteiger partial charge in [-0.2, -0.15) is 0 Å². The number of halogens is 2. The lowest BCUT2D eigenvalue weighted by molar-refractivity contribution is -0.118. The molecule has 0 bridgehead atoms. The summed E-state index contributed by atoms with van der Waals surface area (Å²) in [5.41, 5.74) is 5.68. The number of amides is 1. The Bertz CT molecular complexity index is 1530. The summed E-state index contributed by atoms with van der Waals surface area (Å²) >= 11 is 0. The van der Waals surface area contributed by atoms with E-state index in [1.165, 1.54) is 6.07 Å². The van der Waals surface area contributed by atoms with Crippen LogP contribution < -0.4 is 26.6 Å². The van der Waals surface area contributed by atoms with Gasteiger partial charge in [-0.05, 0) is 80.5 Å². The molecular weight excluding hydrogens is 586 g/mol. The molecule has 8 nitrogen and oxygen atoms in total. The molecule has 1 aromatic rings. The number of carbonyl (C=O) groups excluding carboxylic acids is 1. The van der Waals surface area contributed by atoms with E-state index in [1.807, 2.05) is 46.2 Å². The molecule has 1 atom stereocenters. The Morgan fingerprint density at radius 2 is 2.07 bits per heavy atom. The molecule has 5 N–H and O–H groups in total. The third kappa shape index (κ3) is 11.3. The summed E-state index contributed by atoms with van der Waals surface area (Å²) < 4.78 is 32.7. The molecular formula is C36H44F2N6O2. The minimum absolute atomic E-state index is 0.0608. The zero-order valence-corrected chi connectivity index (χ0v) is 26.9. The molecule has 0 aromatic heterocycles. The van der Waals surface area contributed by atoms with Crippen molar-refractivity contribution in [1.82, 2.24) is 26.6 Å². The van der Waals surface area contributed by atoms with E-state index in [4.69, 9.17) is 4.74 Å². The van der Waals surface area contributed by atoms with E-state index >= 15 is 0 Å². The van der Waals surface area contributed by atoms with Gasteiger partial charge in [0.05, 0.1) is 18.3 Å². The maximum absolute atomic E-state index is 13.6. The Hall–Kier alpha value is -4.80. The topological polar surface area (TPSA) is 98.8 Å². The molecule has 0 fully saturated rings. The van der Waals surface area contributed by atoms with Crippen LogP contribution in [0.2, 0.25) is 0 Å². The predicted molar refractivity (Wildman–Crippen MR) is 182 cm³/mol. The zero-order chi connectivity index (χ0) is 33.5. The van der Waals surface area contributed by atoms with E-state index in [-0.39, 0.29) is 18.6 Å². The van der Waals surface area contributed by atoms with Crippen molar-refractivity contribution < 1.29 is 18.3 Å². The van der Waals surface area contributed by atoms with Crippen LogP contribution in [0.1, 0.15) is 32.8 Å². The Balaban J connectivity index is 1.77. The normalized spacial score (nSPS) is 20.5. The molecule has 0 radical (unpaired) electrons. The second-order valence-corrected chi connectivity index (χ2v) is 10.9. The van der Waals surface area contributed by atoms with Gasteiger partial charge in [0.25, 0.3) is 5.91 Å². The van der Waals surface area contributed by atoms with Crippen LogP contribution in [-0.4, -0.2) is 44.6 Å². The number of benzene rings is 1. The van der Waals surface area contributed by atoms with Gasteiger partial charge in [0, 0.05) is 43.8 Å². The summed E-state index contributed by atoms with van der Waals surface area (Å²) in [5, 5.41) is 15.7. The molecule has 2 heterocycles. The highest BCUT2D eigenvalue weighted by Crippen LogP contribution is 2.21. The molecule has 1 amide bonds. The number of allylic oxidation sites excluding steroid dienone is 9. The fraction of sp³-hybridized carbons (Fsp3) is 0.278. The van der Waals surface area contributed by atoms with Gasteiger partial charge in [-0.1, -0.05) is 49.1 Å². The van der Waals surface area contributed by atoms with E-state index in [2.05, 4.69) is 56.9 Å². The van der Waals surface area contributed by atoms with Gasteiger partial charge in [-0.25, -0.2) is 13.8 Å². The van der Waals surface area contributed by atoms with E-state index in [0.717, 1.165) is 40.1 Å². The summed E-state index contributed by atoms with van der Waals surface area (Å²) in [7, 11) is 1.85. The van der Waals surface area contributed by atoms with Gasteiger partial charge in [-0.15, -0.1) is 0 Å². The maximum Gasteiger partial charge on any atom is 0.250 e. The van der Waals surface area contributed by atoms with Crippen molar-refractivity contribution >= 4 is 12.1 Å². The smallest absolute Gasteiger partial charge is 0.250 e. The van der Waals surface area contributed by atoms with Crippen LogP contribution in [0.3, 0.4) is 0 Å². The first-order valence-electron chi connectivity index (χ1n) is 15.1. The molecule has 2 aliphatic rings. The Morgan fingerprint density at radius 1 is 1.26 bits per heavy atom. The minimum Gasteiger partial charge on any atom is -0.388 e. The van der Waals surface area contributed by atoms with Crippen LogP contribution in [0.5, 0.6) is 0 Å². The number of nitrogens with zero attached hydrogens (tertiary/aromatic N) is 1. The zero-order valence-electron chi connectivity index (χ0n) is 26.9. The molecule has 10 heteroatoms. The lowest BCUT2D eigenvalue weighted by Gasteiger charge is -2.24. The quantitative estimate of drug-likeness (QED) is 0.175. The predicted octanol–water partition coefficient (Wildman–Crippen LogP) is 5.47. The van der Waals surface area contributed by atoms with E-state index in [1.54, 1.807) is 30.6 Å². The Labute approximate surface area is 270 Å². The molecule has 1 unspecified atom stereocenters. The van der Waals surface area contributed by atoms with Crippen molar-refractivity contribution in [3.63, 3.8) is 0 Å². The first-order chi connectivity index (χ1) is 22.1. The van der Waals surface area contributed by atoms with Crippen molar-refractivity contribution in [2.45, 2.75) is 46.0 Å². The summed E-state index contributed by atoms with van der Waals surface area (Å²) in [6, 6.07) is 3.55. The second-order valence-electron chi connectivity index (χ2n) is 10.9. The molecule has 244 valence electrons. The first-order valence-corrected chi connectivity index (χ1v) is 15.1. The number of rotatable bonds is 14. The average molecular weight is 631 g/mol. The molecule has 3 rings (SSSR count). The highest BCUT2D eigenvalue weighted by atomic mass is 19.2. The molecule has 2 aliphatic heterocycles. The van der Waals surface area contributed by atoms with E-state index < -0.39 is 17.8 Å². The summed E-state index contributed by atoms with van der Waals surface area (Å²) in [6.07, 6.45) is 18.9. The highest BCUT2D eigenvalue weighted by molar-refractivity contribution is 5.95. The largest absolute Gasteiger partial charge is 0.388 e. The fourth-order valence-corrected chi connectivity index (χ4v) is 4.50. The van der Waals surface area contributed by atoms with Crippen LogP contribution >= 0.6 is 0 Å². The lowest BCUT2D eigenvalue weighted by atomic mass is 9.98. The number of hydrogen-bond donors (Lipinski definition) is 5. The number of likely N-dealkylation sites (N-methyl/N-ethyl adjacent to an activating group) is 1. The van der Waals surface area contributed by atoms with Crippen molar-refractivity contribution in [2.24, 2.45) is 4.99 Å². The van der Waals surface area contributed by atoms with Crippen molar-refractivity contribution in [3.8, 4) is 0 Å². The molecule has 0 saturated carbocycles. The van der Waals surface area contributed by atoms with Gasteiger partial charge in [0.2, 0.25) is 0 Å². The Morgan fingerprint density at radius 3 is 2.78 bits per heavy atom. The Kier molecular flexibility index (Phi) is 14.1. The number of nitrogens with one attached hydrogen (secondary N) is 5. The summed E-state index contributed by atoms with van der Waals surface area (Å²) in [4.78, 5) is 17.5. The number of carbonyl (C=O) groups is 1. The monoisotopic (exact) mass is 630 g/mol. The van der Waals surface area contributed by atoms with E-state index in [0.29, 0.717) is 36.5 Å². The second kappa shape index (κ2) is 18.2. The van der Waals surface area contributed by atoms with Gasteiger partial charge < -0.3 is 26.0 Å². The van der Waals surface area contributed by atoms with Gasteiger partial charge in [-0.3, -0.25) is 10.1 Å². The summed E-state index contributed by atoms with van der Waals surface area (Å²) in [6.45, 7) is 14.8. The van der Waals surface area contributed by atoms with Crippen molar-refractivity contribution in [2.75, 3.05) is 20.2 Å². The summed E-state index contributed by atoms with van der Waals surface area (Å²) in [5.74, 6) is -1.72. The highest BCUT2D eigenvalue weighted by Gasteiger charge is 2.21. The minimum atomic E-state index is -0.956. The molecule has 46 heavy (non-hydrogen) atoms. The fourth-order valence-electron chi connectivity index (χ4n) is 4.50. The average Bonchev–Trinajstić information content (AvgIpc) is 3.13. The molecule has 0 spiro atoms. The molecule has 1 aromatic carbocycles. The van der Waals surface area contributed by atoms with Crippen LogP contribution in [0.15, 0.2) is 131 Å². The van der Waals surface area contributed by atoms with Gasteiger partial charge in [0.15, 0.2) is 11.6 Å². The maximum atomic E-state index is 13.6. The van der Waals surface area contributed by atoms with Crippen LogP contribution in [-0.2, 0) is 16.1 Å². The van der Waals surface area contributed by atoms with Gasteiger partial charge >= 0.3 is 0 Å². The van der Waals surface area contributed by atoms with E-state index in [9.17, 15) is 13.6 Å². The van der Waals surface area contributed by atoms with Crippen LogP contribution in [0, 0.1) is 11.6 Å². The lowest BCUT2D eigenvalue weighted by Crippen LogP contribution is -2.47. The third-order valence-corrected chi connectivity index (χ3v) is 6.91. The third-order valence-electron chi connectivity index (χ3n) is 6.91. The van der Waals surface area contributed by atoms with Crippen LogP contribution in [0.4, 0.5) is 8.78 Å². The van der Waals surface area contributed by atoms with Gasteiger partial charge in [0.1, 0.15) is 12.0 Å². The SMILES string of the molecule is C=C/C=C(NC)/C1=C/CC(/C(/C=C(\C)CNC2NC=CC=C2C(=O)NCc2ccc(F)c(F)c2)=C/COC(C)C)=C\NC(=C)/N=C\1.